The largest absolute Gasteiger partial charge is 0.284 e. The smallest absolute Gasteiger partial charge is 0.281 e. The monoisotopic (exact) mass is 900 g/mol. The molecule has 2 saturated heterocycles. The molecule has 58 heavy (non-hydrogen) atoms. The van der Waals surface area contributed by atoms with Gasteiger partial charge in [-0.3, -0.25) is 30.5 Å². The Labute approximate surface area is 368 Å². The second kappa shape index (κ2) is 19.7. The van der Waals surface area contributed by atoms with Gasteiger partial charge in [0.05, 0.1) is 33.5 Å². The van der Waals surface area contributed by atoms with Gasteiger partial charge >= 0.3 is 0 Å². The third-order valence-corrected chi connectivity index (χ3v) is 12.0. The number of anilines is 2. The maximum absolute atomic E-state index is 12.9. The van der Waals surface area contributed by atoms with E-state index in [1.807, 2.05) is 70.7 Å². The molecule has 0 spiro atoms. The highest BCUT2D eigenvalue weighted by Crippen LogP contribution is 2.41. The molecule has 8 rings (SSSR count). The Balaban J connectivity index is 0.000000177. The van der Waals surface area contributed by atoms with Gasteiger partial charge in [0.15, 0.2) is 0 Å². The van der Waals surface area contributed by atoms with Gasteiger partial charge in [0, 0.05) is 59.1 Å². The predicted molar refractivity (Wildman–Crippen MR) is 238 cm³/mol. The zero-order valence-electron chi connectivity index (χ0n) is 31.5. The number of nitrogens with zero attached hydrogens (tertiary/aromatic N) is 6. The van der Waals surface area contributed by atoms with E-state index in [9.17, 15) is 9.59 Å². The Morgan fingerprint density at radius 2 is 0.828 bits per heavy atom. The minimum Gasteiger partial charge on any atom is -0.284 e. The van der Waals surface area contributed by atoms with E-state index in [1.165, 1.54) is 12.8 Å². The first kappa shape index (κ1) is 42.5. The molecule has 4 heterocycles. The fourth-order valence-electron chi connectivity index (χ4n) is 7.39. The van der Waals surface area contributed by atoms with Crippen molar-refractivity contribution in [1.82, 2.24) is 20.9 Å². The number of carbonyl (C=O) groups is 2. The van der Waals surface area contributed by atoms with Crippen LogP contribution in [0.3, 0.4) is 0 Å². The van der Waals surface area contributed by atoms with Crippen molar-refractivity contribution in [3.8, 4) is 0 Å². The number of halogens is 6. The van der Waals surface area contributed by atoms with E-state index >= 15 is 0 Å². The van der Waals surface area contributed by atoms with Gasteiger partial charge in [-0.2, -0.15) is 10.2 Å². The molecule has 16 heteroatoms. The molecule has 4 aromatic carbocycles. The molecule has 4 aromatic rings. The number of benzene rings is 4. The molecule has 0 saturated carbocycles. The zero-order chi connectivity index (χ0) is 40.8. The number of nitrogens with one attached hydrogen (secondary N) is 2. The van der Waals surface area contributed by atoms with Gasteiger partial charge in [0.25, 0.3) is 11.8 Å². The Morgan fingerprint density at radius 3 is 1.17 bits per heavy atom. The Hall–Kier alpha value is -3.58. The summed E-state index contributed by atoms with van der Waals surface area (Å²) in [6.45, 7) is 3.47. The fourth-order valence-corrected chi connectivity index (χ4v) is 8.63. The van der Waals surface area contributed by atoms with E-state index in [0.717, 1.165) is 63.0 Å². The summed E-state index contributed by atoms with van der Waals surface area (Å²) in [5.41, 5.74) is 10.4. The van der Waals surface area contributed by atoms with E-state index in [0.29, 0.717) is 65.8 Å². The second-order valence-corrected chi connectivity index (χ2v) is 17.1. The summed E-state index contributed by atoms with van der Waals surface area (Å²) < 4.78 is 0. The van der Waals surface area contributed by atoms with Gasteiger partial charge in [-0.1, -0.05) is 107 Å². The highest BCUT2D eigenvalue weighted by Gasteiger charge is 2.35. The van der Waals surface area contributed by atoms with E-state index in [4.69, 9.17) is 69.6 Å². The van der Waals surface area contributed by atoms with Crippen molar-refractivity contribution in [2.24, 2.45) is 10.2 Å². The summed E-state index contributed by atoms with van der Waals surface area (Å²) in [5.74, 6) is -0.336. The first-order valence-electron chi connectivity index (χ1n) is 19.3. The average Bonchev–Trinajstić information content (AvgIpc) is 3.86. The number of hydrazine groups is 2. The second-order valence-electron chi connectivity index (χ2n) is 14.5. The van der Waals surface area contributed by atoms with Crippen molar-refractivity contribution in [2.75, 3.05) is 36.2 Å². The van der Waals surface area contributed by atoms with Gasteiger partial charge in [-0.05, 0) is 97.5 Å². The lowest BCUT2D eigenvalue weighted by molar-refractivity contribution is -0.120. The molecule has 2 amide bonds. The van der Waals surface area contributed by atoms with Crippen LogP contribution in [0.15, 0.2) is 95.1 Å². The van der Waals surface area contributed by atoms with Crippen molar-refractivity contribution >= 4 is 104 Å². The summed E-state index contributed by atoms with van der Waals surface area (Å²) in [6.07, 6.45) is 7.71. The lowest BCUT2D eigenvalue weighted by Gasteiger charge is -2.26. The molecule has 4 aliphatic rings. The van der Waals surface area contributed by atoms with Crippen LogP contribution in [0.4, 0.5) is 11.4 Å². The zero-order valence-corrected chi connectivity index (χ0v) is 36.0. The van der Waals surface area contributed by atoms with Crippen molar-refractivity contribution in [1.29, 1.82) is 0 Å². The number of carbonyl (C=O) groups excluding carboxylic acids is 2. The number of hydrogen-bond donors (Lipinski definition) is 2. The van der Waals surface area contributed by atoms with Crippen molar-refractivity contribution in [3.63, 3.8) is 0 Å². The number of amides is 2. The first-order valence-corrected chi connectivity index (χ1v) is 21.6. The molecule has 0 radical (unpaired) electrons. The normalized spacial score (nSPS) is 19.9. The number of hydrogen-bond acceptors (Lipinski definition) is 8. The maximum Gasteiger partial charge on any atom is 0.281 e. The average molecular weight is 904 g/mol. The highest BCUT2D eigenvalue weighted by molar-refractivity contribution is 6.41. The minimum atomic E-state index is -0.168. The highest BCUT2D eigenvalue weighted by atomic mass is 35.5. The number of hydrazone groups is 2. The van der Waals surface area contributed by atoms with E-state index in [-0.39, 0.29) is 23.9 Å². The van der Waals surface area contributed by atoms with Crippen LogP contribution < -0.4 is 20.9 Å². The van der Waals surface area contributed by atoms with Crippen molar-refractivity contribution in [3.05, 3.63) is 126 Å². The summed E-state index contributed by atoms with van der Waals surface area (Å²) >= 11 is 37.1. The Kier molecular flexibility index (Phi) is 14.4. The molecule has 304 valence electrons. The molecule has 0 aromatic heterocycles. The molecule has 2 fully saturated rings. The summed E-state index contributed by atoms with van der Waals surface area (Å²) in [5, 5.41) is 20.2. The van der Waals surface area contributed by atoms with Crippen LogP contribution in [-0.2, 0) is 9.59 Å². The van der Waals surface area contributed by atoms with Crippen LogP contribution in [0.5, 0.6) is 0 Å². The van der Waals surface area contributed by atoms with Gasteiger partial charge in [-0.25, -0.2) is 10.0 Å². The lowest BCUT2D eigenvalue weighted by Crippen LogP contribution is -2.47. The molecule has 10 nitrogen and oxygen atoms in total. The van der Waals surface area contributed by atoms with E-state index in [1.54, 1.807) is 34.3 Å². The molecule has 4 aliphatic heterocycles. The van der Waals surface area contributed by atoms with Gasteiger partial charge in [0.2, 0.25) is 0 Å². The Morgan fingerprint density at radius 1 is 0.483 bits per heavy atom. The van der Waals surface area contributed by atoms with Crippen molar-refractivity contribution in [2.45, 2.75) is 63.5 Å². The maximum atomic E-state index is 12.9. The summed E-state index contributed by atoms with van der Waals surface area (Å²) in [7, 11) is 0. The molecule has 0 aliphatic carbocycles. The third kappa shape index (κ3) is 10.6. The molecular formula is C42H42Cl6N8O2. The van der Waals surface area contributed by atoms with Gasteiger partial charge in [-0.15, -0.1) is 0 Å². The van der Waals surface area contributed by atoms with Gasteiger partial charge in [0.1, 0.15) is 11.4 Å². The lowest BCUT2D eigenvalue weighted by atomic mass is 10.0. The third-order valence-electron chi connectivity index (χ3n) is 10.4. The Bertz CT molecular complexity index is 2010. The SMILES string of the molecule is O=C(NN1CCCCC1)C1=NN(c2ccc(Cl)cc2Cl)[C@@H](c2ccc(Cl)cc2)C1.O=C(NN1CCCCC1)C1=NN(c2ccc(Cl)cc2Cl)[C@H](c2ccc(Cl)cc2)C1. The summed E-state index contributed by atoms with van der Waals surface area (Å²) in [4.78, 5) is 25.8. The molecule has 0 unspecified atom stereocenters. The fraction of sp³-hybridized carbons (Fsp3) is 0.333. The molecule has 0 bridgehead atoms. The summed E-state index contributed by atoms with van der Waals surface area (Å²) in [6, 6.07) is 25.4. The molecule has 2 N–H and O–H groups in total. The van der Waals surface area contributed by atoms with Crippen LogP contribution in [0.1, 0.15) is 74.6 Å². The number of rotatable bonds is 8. The van der Waals surface area contributed by atoms with Crippen LogP contribution >= 0.6 is 69.6 Å². The first-order chi connectivity index (χ1) is 28.0. The van der Waals surface area contributed by atoms with E-state index < -0.39 is 0 Å². The minimum absolute atomic E-state index is 0.159. The molecule has 2 atom stereocenters. The van der Waals surface area contributed by atoms with Crippen LogP contribution in [0.25, 0.3) is 0 Å². The predicted octanol–water partition coefficient (Wildman–Crippen LogP) is 10.9. The quantitative estimate of drug-likeness (QED) is 0.183. The van der Waals surface area contributed by atoms with Gasteiger partial charge < -0.3 is 0 Å². The molecular weight excluding hydrogens is 861 g/mol. The van der Waals surface area contributed by atoms with Crippen LogP contribution in [0, 0.1) is 0 Å². The topological polar surface area (TPSA) is 95.9 Å². The number of piperidine rings is 2. The van der Waals surface area contributed by atoms with Crippen molar-refractivity contribution < 1.29 is 9.59 Å². The van der Waals surface area contributed by atoms with Crippen LogP contribution in [0.2, 0.25) is 30.1 Å². The van der Waals surface area contributed by atoms with Crippen LogP contribution in [-0.4, -0.2) is 59.4 Å². The van der Waals surface area contributed by atoms with E-state index in [2.05, 4.69) is 21.1 Å². The standard InChI is InChI=1S/2C21H21Cl3N4O/c2*22-15-6-4-14(5-7-15)20-13-18(21(29)26-27-10-2-1-3-11-27)25-28(20)19-9-8-16(23)12-17(19)24/h2*4-9,12,20H,1-3,10-11,13H2,(H,26,29)/t2*20-/m10/s1.